The molecule has 0 heterocycles. The third-order valence-corrected chi connectivity index (χ3v) is 1.43. The van der Waals surface area contributed by atoms with E-state index in [1.54, 1.807) is 6.92 Å². The molecule has 0 atom stereocenters. The lowest BCUT2D eigenvalue weighted by Gasteiger charge is -2.16. The van der Waals surface area contributed by atoms with Crippen LogP contribution in [0.5, 0.6) is 0 Å². The summed E-state index contributed by atoms with van der Waals surface area (Å²) in [4.78, 5) is 0. The van der Waals surface area contributed by atoms with E-state index in [0.717, 1.165) is 0 Å². The molecule has 0 unspecified atom stereocenters. The molecule has 0 amide bonds. The number of nitrogens with one attached hydrogen (secondary N) is 2. The Kier molecular flexibility index (Phi) is 4.97. The lowest BCUT2D eigenvalue weighted by molar-refractivity contribution is -0.122. The first-order chi connectivity index (χ1) is 5.90. The lowest BCUT2D eigenvalue weighted by Crippen LogP contribution is -2.45. The minimum atomic E-state index is -4.04. The molecule has 78 valence electrons. The van der Waals surface area contributed by atoms with Crippen LogP contribution in [0.25, 0.3) is 0 Å². The first-order valence-corrected chi connectivity index (χ1v) is 3.98. The summed E-state index contributed by atoms with van der Waals surface area (Å²) in [6.07, 6.45) is -3.68. The van der Waals surface area contributed by atoms with E-state index < -0.39 is 18.9 Å². The molecule has 0 aliphatic rings. The van der Waals surface area contributed by atoms with Crippen molar-refractivity contribution in [2.24, 2.45) is 0 Å². The molecule has 0 saturated carbocycles. The second kappa shape index (κ2) is 5.21. The molecule has 0 aromatic carbocycles. The van der Waals surface area contributed by atoms with Gasteiger partial charge in [0.1, 0.15) is 0 Å². The molecule has 0 radical (unpaired) electrons. The van der Waals surface area contributed by atoms with Crippen molar-refractivity contribution in [3.8, 4) is 0 Å². The highest BCUT2D eigenvalue weighted by molar-refractivity contribution is 7.80. The molecule has 0 saturated heterocycles. The van der Waals surface area contributed by atoms with Crippen molar-refractivity contribution in [3.05, 3.63) is 0 Å². The average Bonchev–Trinajstić information content (AvgIpc) is 2.01. The fourth-order valence-corrected chi connectivity index (χ4v) is 0.715. The molecule has 0 fully saturated rings. The van der Waals surface area contributed by atoms with Crippen molar-refractivity contribution in [1.29, 1.82) is 0 Å². The van der Waals surface area contributed by atoms with Crippen LogP contribution in [0, 0.1) is 0 Å². The molecule has 0 rings (SSSR count). The van der Waals surface area contributed by atoms with E-state index in [1.165, 1.54) is 0 Å². The fraction of sp³-hybridized carbons (Fsp3) is 0.833. The number of rotatable bonds is 4. The molecule has 7 heteroatoms. The van der Waals surface area contributed by atoms with Gasteiger partial charge in [0.25, 0.3) is 0 Å². The predicted octanol–water partition coefficient (Wildman–Crippen LogP) is 1.37. The van der Waals surface area contributed by atoms with Crippen molar-refractivity contribution in [1.82, 2.24) is 10.6 Å². The summed E-state index contributed by atoms with van der Waals surface area (Å²) in [6, 6.07) is 0. The summed E-state index contributed by atoms with van der Waals surface area (Å²) in [6.45, 7) is 1.00. The van der Waals surface area contributed by atoms with Crippen LogP contribution in [-0.2, 0) is 0 Å². The van der Waals surface area contributed by atoms with Crippen molar-refractivity contribution >= 4 is 17.3 Å². The SMILES string of the molecule is CCNC(=S)NCC(F)(F)C(F)F. The summed E-state index contributed by atoms with van der Waals surface area (Å²) >= 11 is 4.51. The highest BCUT2D eigenvalue weighted by Crippen LogP contribution is 2.21. The summed E-state index contributed by atoms with van der Waals surface area (Å²) in [7, 11) is 0. The Labute approximate surface area is 78.7 Å². The first kappa shape index (κ1) is 12.4. The minimum absolute atomic E-state index is 0.0529. The van der Waals surface area contributed by atoms with Gasteiger partial charge in [0.2, 0.25) is 0 Å². The van der Waals surface area contributed by atoms with Crippen molar-refractivity contribution in [2.75, 3.05) is 13.1 Å². The van der Waals surface area contributed by atoms with Crippen LogP contribution in [0.3, 0.4) is 0 Å². The monoisotopic (exact) mass is 218 g/mol. The largest absolute Gasteiger partial charge is 0.363 e. The molecule has 0 spiro atoms. The zero-order valence-corrected chi connectivity index (χ0v) is 7.73. The maximum Gasteiger partial charge on any atom is 0.324 e. The van der Waals surface area contributed by atoms with Gasteiger partial charge in [-0.3, -0.25) is 0 Å². The fourth-order valence-electron chi connectivity index (χ4n) is 0.498. The molecule has 2 nitrogen and oxygen atoms in total. The van der Waals surface area contributed by atoms with Gasteiger partial charge in [0.15, 0.2) is 5.11 Å². The summed E-state index contributed by atoms with van der Waals surface area (Å²) in [5.74, 6) is -4.04. The first-order valence-electron chi connectivity index (χ1n) is 3.57. The zero-order chi connectivity index (χ0) is 10.5. The van der Waals surface area contributed by atoms with Crippen LogP contribution in [0.4, 0.5) is 17.6 Å². The number of halogens is 4. The topological polar surface area (TPSA) is 24.1 Å². The third-order valence-electron chi connectivity index (χ3n) is 1.14. The van der Waals surface area contributed by atoms with Gasteiger partial charge in [-0.1, -0.05) is 0 Å². The lowest BCUT2D eigenvalue weighted by atomic mass is 10.3. The van der Waals surface area contributed by atoms with Crippen molar-refractivity contribution < 1.29 is 17.6 Å². The molecule has 0 aromatic heterocycles. The molecule has 0 bridgehead atoms. The molecule has 13 heavy (non-hydrogen) atoms. The molecular formula is C6H10F4N2S. The Morgan fingerprint density at radius 2 is 1.92 bits per heavy atom. The number of hydrogen-bond donors (Lipinski definition) is 2. The third kappa shape index (κ3) is 4.87. The summed E-state index contributed by atoms with van der Waals surface area (Å²) in [5, 5.41) is 4.44. The molecular weight excluding hydrogens is 208 g/mol. The molecule has 0 aliphatic carbocycles. The van der Waals surface area contributed by atoms with Gasteiger partial charge in [-0.25, -0.2) is 8.78 Å². The summed E-state index contributed by atoms with van der Waals surface area (Å²) in [5.41, 5.74) is 0. The van der Waals surface area contributed by atoms with Gasteiger partial charge in [-0.2, -0.15) is 8.78 Å². The Morgan fingerprint density at radius 3 is 2.31 bits per heavy atom. The van der Waals surface area contributed by atoms with Crippen molar-refractivity contribution in [2.45, 2.75) is 19.3 Å². The smallest absolute Gasteiger partial charge is 0.324 e. The number of thiocarbonyl (C=S) groups is 1. The van der Waals surface area contributed by atoms with Crippen LogP contribution >= 0.6 is 12.2 Å². The van der Waals surface area contributed by atoms with Crippen LogP contribution in [0.15, 0.2) is 0 Å². The van der Waals surface area contributed by atoms with E-state index in [-0.39, 0.29) is 5.11 Å². The van der Waals surface area contributed by atoms with Gasteiger partial charge in [0, 0.05) is 6.54 Å². The summed E-state index contributed by atoms with van der Waals surface area (Å²) < 4.78 is 47.7. The highest BCUT2D eigenvalue weighted by atomic mass is 32.1. The van der Waals surface area contributed by atoms with Gasteiger partial charge in [-0.15, -0.1) is 0 Å². The Balaban J connectivity index is 3.81. The number of alkyl halides is 4. The molecule has 2 N–H and O–H groups in total. The Bertz CT molecular complexity index is 174. The van der Waals surface area contributed by atoms with Crippen LogP contribution in [0.2, 0.25) is 0 Å². The quantitative estimate of drug-likeness (QED) is 0.550. The van der Waals surface area contributed by atoms with Gasteiger partial charge in [0.05, 0.1) is 6.54 Å². The van der Waals surface area contributed by atoms with E-state index in [2.05, 4.69) is 17.5 Å². The van der Waals surface area contributed by atoms with Crippen LogP contribution in [-0.4, -0.2) is 30.5 Å². The second-order valence-electron chi connectivity index (χ2n) is 2.27. The van der Waals surface area contributed by atoms with E-state index in [9.17, 15) is 17.6 Å². The van der Waals surface area contributed by atoms with Gasteiger partial charge >= 0.3 is 12.3 Å². The van der Waals surface area contributed by atoms with Crippen molar-refractivity contribution in [3.63, 3.8) is 0 Å². The maximum atomic E-state index is 12.2. The van der Waals surface area contributed by atoms with Gasteiger partial charge in [-0.05, 0) is 19.1 Å². The Morgan fingerprint density at radius 1 is 1.38 bits per heavy atom. The normalized spacial score (nSPS) is 11.5. The van der Waals surface area contributed by atoms with E-state index in [1.807, 2.05) is 5.32 Å². The van der Waals surface area contributed by atoms with E-state index >= 15 is 0 Å². The molecule has 0 aromatic rings. The Hall–Kier alpha value is -0.590. The van der Waals surface area contributed by atoms with Crippen LogP contribution < -0.4 is 10.6 Å². The van der Waals surface area contributed by atoms with Gasteiger partial charge < -0.3 is 10.6 Å². The van der Waals surface area contributed by atoms with Crippen LogP contribution in [0.1, 0.15) is 6.92 Å². The average molecular weight is 218 g/mol. The predicted molar refractivity (Wildman–Crippen MR) is 45.2 cm³/mol. The standard InChI is InChI=1S/C6H10F4N2S/c1-2-11-5(13)12-3-6(9,10)4(7)8/h4H,2-3H2,1H3,(H2,11,12,13). The zero-order valence-electron chi connectivity index (χ0n) is 6.91. The highest BCUT2D eigenvalue weighted by Gasteiger charge is 2.40. The second-order valence-corrected chi connectivity index (χ2v) is 2.68. The minimum Gasteiger partial charge on any atom is -0.363 e. The van der Waals surface area contributed by atoms with E-state index in [0.29, 0.717) is 6.54 Å². The van der Waals surface area contributed by atoms with E-state index in [4.69, 9.17) is 0 Å². The molecule has 0 aliphatic heterocycles. The maximum absolute atomic E-state index is 12.2. The number of hydrogen-bond acceptors (Lipinski definition) is 1.